The topological polar surface area (TPSA) is 89.5 Å². The summed E-state index contributed by atoms with van der Waals surface area (Å²) >= 11 is 0. The predicted molar refractivity (Wildman–Crippen MR) is 94.6 cm³/mol. The number of hydrogen-bond acceptors (Lipinski definition) is 8. The minimum absolute atomic E-state index is 0.0675. The minimum atomic E-state index is -1.04. The number of ketones is 1. The molecular formula is C20H24O8. The quantitative estimate of drug-likeness (QED) is 0.439. The molecule has 3 aliphatic rings. The first-order valence-corrected chi connectivity index (χ1v) is 9.24. The Morgan fingerprint density at radius 3 is 2.07 bits per heavy atom. The van der Waals surface area contributed by atoms with E-state index in [0.717, 1.165) is 0 Å². The molecular weight excluding hydrogens is 368 g/mol. The second-order valence-electron chi connectivity index (χ2n) is 8.09. The third-order valence-electron chi connectivity index (χ3n) is 4.87. The Labute approximate surface area is 163 Å². The Kier molecular flexibility index (Phi) is 4.59. The van der Waals surface area contributed by atoms with Crippen molar-refractivity contribution in [3.8, 4) is 5.75 Å². The number of Topliss-reactive ketones (excluding diaryl/α,β-unsaturated/α-hetero) is 1. The molecule has 5 atom stereocenters. The highest BCUT2D eigenvalue weighted by atomic mass is 16.9. The number of carbonyl (C=O) groups excluding carboxylic acids is 2. The third-order valence-corrected chi connectivity index (χ3v) is 4.87. The maximum Gasteiger partial charge on any atom is 0.343 e. The number of fused-ring (bicyclic) bond motifs is 3. The van der Waals surface area contributed by atoms with Gasteiger partial charge in [-0.1, -0.05) is 0 Å². The summed E-state index contributed by atoms with van der Waals surface area (Å²) < 4.78 is 34.9. The summed E-state index contributed by atoms with van der Waals surface area (Å²) in [5.74, 6) is -2.15. The van der Waals surface area contributed by atoms with Gasteiger partial charge in [-0.05, 0) is 58.9 Å². The normalized spacial score (nSPS) is 35.1. The van der Waals surface area contributed by atoms with Gasteiger partial charge in [0, 0.05) is 5.56 Å². The van der Waals surface area contributed by atoms with Gasteiger partial charge >= 0.3 is 5.97 Å². The van der Waals surface area contributed by atoms with Crippen molar-refractivity contribution >= 4 is 11.8 Å². The van der Waals surface area contributed by atoms with Crippen molar-refractivity contribution in [1.82, 2.24) is 0 Å². The molecule has 0 unspecified atom stereocenters. The molecule has 3 aliphatic heterocycles. The van der Waals surface area contributed by atoms with Gasteiger partial charge in [-0.2, -0.15) is 0 Å². The molecule has 0 N–H and O–H groups in total. The molecule has 4 rings (SSSR count). The summed E-state index contributed by atoms with van der Waals surface area (Å²) in [6, 6.07) is 6.32. The van der Waals surface area contributed by atoms with Gasteiger partial charge in [0.15, 0.2) is 29.8 Å². The van der Waals surface area contributed by atoms with Crippen LogP contribution in [0, 0.1) is 0 Å². The van der Waals surface area contributed by atoms with Crippen LogP contribution in [0.2, 0.25) is 0 Å². The van der Waals surface area contributed by atoms with Crippen molar-refractivity contribution in [2.75, 3.05) is 0 Å². The highest BCUT2D eigenvalue weighted by Gasteiger charge is 2.62. The summed E-state index contributed by atoms with van der Waals surface area (Å²) in [7, 11) is 0. The largest absolute Gasteiger partial charge is 0.425 e. The van der Waals surface area contributed by atoms with Crippen LogP contribution < -0.4 is 4.74 Å². The molecule has 8 nitrogen and oxygen atoms in total. The first-order valence-electron chi connectivity index (χ1n) is 9.24. The molecule has 8 heteroatoms. The van der Waals surface area contributed by atoms with E-state index in [0.29, 0.717) is 11.3 Å². The fraction of sp³-hybridized carbons (Fsp3) is 0.600. The van der Waals surface area contributed by atoms with Crippen molar-refractivity contribution < 1.29 is 38.0 Å². The van der Waals surface area contributed by atoms with E-state index in [2.05, 4.69) is 0 Å². The molecule has 28 heavy (non-hydrogen) atoms. The van der Waals surface area contributed by atoms with Gasteiger partial charge < -0.3 is 28.4 Å². The monoisotopic (exact) mass is 392 g/mol. The molecule has 0 saturated carbocycles. The molecule has 152 valence electrons. The zero-order valence-electron chi connectivity index (χ0n) is 16.5. The van der Waals surface area contributed by atoms with Gasteiger partial charge in [0.1, 0.15) is 24.1 Å². The highest BCUT2D eigenvalue weighted by Crippen LogP contribution is 2.44. The lowest BCUT2D eigenvalue weighted by molar-refractivity contribution is -0.236. The van der Waals surface area contributed by atoms with Crippen LogP contribution in [0.3, 0.4) is 0 Å². The predicted octanol–water partition coefficient (Wildman–Crippen LogP) is 2.19. The smallest absolute Gasteiger partial charge is 0.343 e. The van der Waals surface area contributed by atoms with E-state index in [-0.39, 0.29) is 5.78 Å². The molecule has 0 aliphatic carbocycles. The van der Waals surface area contributed by atoms with Gasteiger partial charge in [0.2, 0.25) is 0 Å². The second kappa shape index (κ2) is 6.60. The number of esters is 1. The molecule has 0 spiro atoms. The fourth-order valence-electron chi connectivity index (χ4n) is 3.73. The number of carbonyl (C=O) groups is 2. The van der Waals surface area contributed by atoms with Gasteiger partial charge in [0.25, 0.3) is 0 Å². The van der Waals surface area contributed by atoms with Gasteiger partial charge in [-0.15, -0.1) is 0 Å². The highest BCUT2D eigenvalue weighted by molar-refractivity contribution is 5.94. The van der Waals surface area contributed by atoms with Crippen molar-refractivity contribution in [2.45, 2.75) is 76.9 Å². The molecule has 0 bridgehead atoms. The van der Waals surface area contributed by atoms with Crippen LogP contribution in [-0.4, -0.2) is 54.0 Å². The van der Waals surface area contributed by atoms with Crippen LogP contribution in [0.1, 0.15) is 45.0 Å². The molecule has 3 saturated heterocycles. The summed E-state index contributed by atoms with van der Waals surface area (Å²) in [4.78, 5) is 24.2. The summed E-state index contributed by atoms with van der Waals surface area (Å²) in [6.45, 7) is 8.55. The van der Waals surface area contributed by atoms with Gasteiger partial charge in [-0.25, -0.2) is 4.79 Å². The Hall–Kier alpha value is -1.84. The van der Waals surface area contributed by atoms with Gasteiger partial charge in [-0.3, -0.25) is 4.79 Å². The van der Waals surface area contributed by atoms with Crippen LogP contribution in [0.5, 0.6) is 5.75 Å². The lowest BCUT2D eigenvalue weighted by Gasteiger charge is -2.35. The van der Waals surface area contributed by atoms with Crippen LogP contribution in [0.15, 0.2) is 24.3 Å². The fourth-order valence-corrected chi connectivity index (χ4v) is 3.73. The van der Waals surface area contributed by atoms with E-state index < -0.39 is 48.2 Å². The van der Waals surface area contributed by atoms with E-state index in [4.69, 9.17) is 28.4 Å². The van der Waals surface area contributed by atoms with Crippen molar-refractivity contribution in [3.63, 3.8) is 0 Å². The van der Waals surface area contributed by atoms with E-state index in [1.54, 1.807) is 52.0 Å². The zero-order valence-corrected chi connectivity index (χ0v) is 16.5. The van der Waals surface area contributed by atoms with Crippen molar-refractivity contribution in [2.24, 2.45) is 0 Å². The Bertz CT molecular complexity index is 784. The Morgan fingerprint density at radius 2 is 1.43 bits per heavy atom. The van der Waals surface area contributed by atoms with Crippen LogP contribution in [0.4, 0.5) is 0 Å². The lowest BCUT2D eigenvalue weighted by atomic mass is 9.99. The minimum Gasteiger partial charge on any atom is -0.425 e. The number of hydrogen-bond donors (Lipinski definition) is 0. The average molecular weight is 392 g/mol. The first-order chi connectivity index (χ1) is 13.0. The van der Waals surface area contributed by atoms with E-state index in [9.17, 15) is 9.59 Å². The Morgan fingerprint density at radius 1 is 0.857 bits per heavy atom. The molecule has 1 aromatic carbocycles. The van der Waals surface area contributed by atoms with Crippen molar-refractivity contribution in [1.29, 1.82) is 0 Å². The number of rotatable bonds is 3. The zero-order chi connectivity index (χ0) is 20.3. The van der Waals surface area contributed by atoms with Crippen LogP contribution in [-0.2, 0) is 28.5 Å². The van der Waals surface area contributed by atoms with E-state index in [1.807, 2.05) is 0 Å². The average Bonchev–Trinajstić information content (AvgIpc) is 3.08. The maximum absolute atomic E-state index is 12.8. The molecule has 0 amide bonds. The number of ether oxygens (including phenoxy) is 6. The molecule has 0 radical (unpaired) electrons. The maximum atomic E-state index is 12.8. The molecule has 0 aromatic heterocycles. The second-order valence-corrected chi connectivity index (χ2v) is 8.09. The lowest BCUT2D eigenvalue weighted by Crippen LogP contribution is -2.58. The van der Waals surface area contributed by atoms with Gasteiger partial charge in [0.05, 0.1) is 0 Å². The van der Waals surface area contributed by atoms with E-state index in [1.165, 1.54) is 6.92 Å². The van der Waals surface area contributed by atoms with E-state index >= 15 is 0 Å². The summed E-state index contributed by atoms with van der Waals surface area (Å²) in [5, 5.41) is 0. The summed E-state index contributed by atoms with van der Waals surface area (Å²) in [5.41, 5.74) is 0.532. The third kappa shape index (κ3) is 3.58. The SMILES string of the molecule is CC(=O)c1ccc(OC(=O)[C@H]2O[C@@H]3OC(C)(C)O[C@@H]3[C@H]3OC(C)(C)O[C@H]32)cc1. The molecule has 1 aromatic rings. The molecule has 3 fully saturated rings. The Balaban J connectivity index is 1.54. The number of benzene rings is 1. The van der Waals surface area contributed by atoms with Crippen molar-refractivity contribution in [3.05, 3.63) is 29.8 Å². The standard InChI is InChI=1S/C20H24O8/c1-10(21)11-6-8-12(9-7-11)23-17(22)15-13-14(26-19(2,3)25-13)16-18(24-15)28-20(4,5)27-16/h6-9,13-16,18H,1-5H3/t13-,14+,15+,16-,18-/m1/s1. The summed E-state index contributed by atoms with van der Waals surface area (Å²) in [6.07, 6.45) is -3.56. The first kappa shape index (κ1) is 19.5. The molecule has 3 heterocycles. The van der Waals surface area contributed by atoms with Crippen LogP contribution >= 0.6 is 0 Å². The van der Waals surface area contributed by atoms with Crippen LogP contribution in [0.25, 0.3) is 0 Å².